The first-order valence-electron chi connectivity index (χ1n) is 7.14. The molecule has 1 aromatic heterocycles. The standard InChI is InChI=1S/C15H28N4O/c1-10(2)18(8)14(20)16-11(3)13-9-19(15(5,6)7)17-12(13)4/h9-11H,1-8H3,(H,16,20)/t11-/m1/s1. The van der Waals surface area contributed by atoms with E-state index in [0.29, 0.717) is 0 Å². The van der Waals surface area contributed by atoms with Gasteiger partial charge in [0.25, 0.3) is 0 Å². The average Bonchev–Trinajstić information content (AvgIpc) is 2.69. The van der Waals surface area contributed by atoms with E-state index in [2.05, 4.69) is 31.2 Å². The van der Waals surface area contributed by atoms with Crippen molar-refractivity contribution in [3.8, 4) is 0 Å². The molecule has 0 bridgehead atoms. The number of nitrogens with zero attached hydrogens (tertiary/aromatic N) is 3. The second-order valence-corrected chi connectivity index (χ2v) is 6.66. The van der Waals surface area contributed by atoms with Crippen LogP contribution in [0.5, 0.6) is 0 Å². The average molecular weight is 280 g/mol. The van der Waals surface area contributed by atoms with Gasteiger partial charge in [0, 0.05) is 24.8 Å². The Kier molecular flexibility index (Phi) is 4.84. The van der Waals surface area contributed by atoms with Crippen molar-refractivity contribution < 1.29 is 4.79 Å². The molecule has 5 heteroatoms. The van der Waals surface area contributed by atoms with Crippen LogP contribution in [0, 0.1) is 6.92 Å². The lowest BCUT2D eigenvalue weighted by Crippen LogP contribution is -2.42. The second-order valence-electron chi connectivity index (χ2n) is 6.66. The molecule has 1 atom stereocenters. The molecule has 0 saturated heterocycles. The number of hydrogen-bond donors (Lipinski definition) is 1. The number of carbonyl (C=O) groups excluding carboxylic acids is 1. The summed E-state index contributed by atoms with van der Waals surface area (Å²) in [4.78, 5) is 13.8. The van der Waals surface area contributed by atoms with Crippen molar-refractivity contribution in [1.82, 2.24) is 20.0 Å². The lowest BCUT2D eigenvalue weighted by Gasteiger charge is -2.24. The lowest BCUT2D eigenvalue weighted by molar-refractivity contribution is 0.194. The Labute approximate surface area is 122 Å². The summed E-state index contributed by atoms with van der Waals surface area (Å²) in [6, 6.07) is 0.0656. The molecular weight excluding hydrogens is 252 g/mol. The monoisotopic (exact) mass is 280 g/mol. The van der Waals surface area contributed by atoms with E-state index in [4.69, 9.17) is 0 Å². The third kappa shape index (κ3) is 3.74. The SMILES string of the molecule is Cc1nn(C(C)(C)C)cc1[C@@H](C)NC(=O)N(C)C(C)C. The van der Waals surface area contributed by atoms with Gasteiger partial charge in [-0.15, -0.1) is 0 Å². The summed E-state index contributed by atoms with van der Waals surface area (Å²) < 4.78 is 1.95. The maximum atomic E-state index is 12.1. The number of hydrogen-bond acceptors (Lipinski definition) is 2. The minimum Gasteiger partial charge on any atom is -0.331 e. The molecule has 5 nitrogen and oxygen atoms in total. The summed E-state index contributed by atoms with van der Waals surface area (Å²) in [5, 5.41) is 7.56. The molecule has 0 aliphatic carbocycles. The number of amides is 2. The first kappa shape index (κ1) is 16.5. The number of aryl methyl sites for hydroxylation is 1. The van der Waals surface area contributed by atoms with Crippen LogP contribution < -0.4 is 5.32 Å². The summed E-state index contributed by atoms with van der Waals surface area (Å²) in [5.41, 5.74) is 1.96. The van der Waals surface area contributed by atoms with Crippen molar-refractivity contribution in [2.24, 2.45) is 0 Å². The van der Waals surface area contributed by atoms with Gasteiger partial charge >= 0.3 is 6.03 Å². The highest BCUT2D eigenvalue weighted by molar-refractivity contribution is 5.74. The molecule has 1 N–H and O–H groups in total. The Hall–Kier alpha value is -1.52. The Morgan fingerprint density at radius 1 is 1.35 bits per heavy atom. The molecule has 0 unspecified atom stereocenters. The maximum Gasteiger partial charge on any atom is 0.317 e. The van der Waals surface area contributed by atoms with Gasteiger partial charge in [-0.05, 0) is 48.5 Å². The van der Waals surface area contributed by atoms with E-state index in [9.17, 15) is 4.79 Å². The van der Waals surface area contributed by atoms with Gasteiger partial charge in [-0.25, -0.2) is 4.79 Å². The maximum absolute atomic E-state index is 12.1. The van der Waals surface area contributed by atoms with Crippen molar-refractivity contribution in [3.05, 3.63) is 17.5 Å². The minimum atomic E-state index is -0.0598. The molecule has 1 rings (SSSR count). The molecule has 1 heterocycles. The number of urea groups is 1. The molecule has 0 fully saturated rings. The van der Waals surface area contributed by atoms with Gasteiger partial charge in [0.15, 0.2) is 0 Å². The van der Waals surface area contributed by atoms with Crippen LogP contribution in [-0.2, 0) is 5.54 Å². The van der Waals surface area contributed by atoms with Crippen LogP contribution in [0.1, 0.15) is 58.8 Å². The van der Waals surface area contributed by atoms with E-state index >= 15 is 0 Å². The van der Waals surface area contributed by atoms with Crippen molar-refractivity contribution in [1.29, 1.82) is 0 Å². The number of rotatable bonds is 3. The van der Waals surface area contributed by atoms with Crippen LogP contribution in [0.25, 0.3) is 0 Å². The van der Waals surface area contributed by atoms with Gasteiger partial charge in [0.05, 0.1) is 17.3 Å². The summed E-state index contributed by atoms with van der Waals surface area (Å²) >= 11 is 0. The molecule has 0 aliphatic rings. The first-order valence-corrected chi connectivity index (χ1v) is 7.14. The molecular formula is C15H28N4O. The van der Waals surface area contributed by atoms with E-state index in [1.54, 1.807) is 11.9 Å². The van der Waals surface area contributed by atoms with Crippen LogP contribution >= 0.6 is 0 Å². The molecule has 0 aromatic carbocycles. The highest BCUT2D eigenvalue weighted by Gasteiger charge is 2.21. The Bertz CT molecular complexity index is 471. The fraction of sp³-hybridized carbons (Fsp3) is 0.733. The van der Waals surface area contributed by atoms with Gasteiger partial charge < -0.3 is 10.2 Å². The van der Waals surface area contributed by atoms with Gasteiger partial charge in [-0.2, -0.15) is 5.10 Å². The number of aromatic nitrogens is 2. The van der Waals surface area contributed by atoms with Gasteiger partial charge in [0.1, 0.15) is 0 Å². The highest BCUT2D eigenvalue weighted by atomic mass is 16.2. The Morgan fingerprint density at radius 2 is 1.90 bits per heavy atom. The number of carbonyl (C=O) groups is 1. The van der Waals surface area contributed by atoms with Gasteiger partial charge in [0.2, 0.25) is 0 Å². The smallest absolute Gasteiger partial charge is 0.317 e. The predicted octanol–water partition coefficient (Wildman–Crippen LogP) is 3.06. The third-order valence-electron chi connectivity index (χ3n) is 3.53. The van der Waals surface area contributed by atoms with Crippen LogP contribution in [0.15, 0.2) is 6.20 Å². The molecule has 1 aromatic rings. The van der Waals surface area contributed by atoms with Crippen molar-refractivity contribution in [2.45, 2.75) is 66.1 Å². The number of nitrogens with one attached hydrogen (secondary N) is 1. The second kappa shape index (κ2) is 5.85. The Morgan fingerprint density at radius 3 is 2.30 bits per heavy atom. The van der Waals surface area contributed by atoms with Crippen LogP contribution in [0.4, 0.5) is 4.79 Å². The van der Waals surface area contributed by atoms with Crippen molar-refractivity contribution in [3.63, 3.8) is 0 Å². The lowest BCUT2D eigenvalue weighted by atomic mass is 10.1. The summed E-state index contributed by atoms with van der Waals surface area (Å²) in [7, 11) is 1.80. The van der Waals surface area contributed by atoms with Gasteiger partial charge in [-0.1, -0.05) is 0 Å². The zero-order chi connectivity index (χ0) is 15.7. The largest absolute Gasteiger partial charge is 0.331 e. The quantitative estimate of drug-likeness (QED) is 0.925. The summed E-state index contributed by atoms with van der Waals surface area (Å²) in [6.07, 6.45) is 2.02. The zero-order valence-electron chi connectivity index (χ0n) is 14.0. The molecule has 0 spiro atoms. The summed E-state index contributed by atoms with van der Waals surface area (Å²) in [5.74, 6) is 0. The fourth-order valence-electron chi connectivity index (χ4n) is 1.84. The molecule has 0 saturated carbocycles. The van der Waals surface area contributed by atoms with Crippen molar-refractivity contribution in [2.75, 3.05) is 7.05 Å². The molecule has 2 amide bonds. The predicted molar refractivity (Wildman–Crippen MR) is 81.8 cm³/mol. The van der Waals surface area contributed by atoms with Gasteiger partial charge in [-0.3, -0.25) is 4.68 Å². The topological polar surface area (TPSA) is 50.2 Å². The zero-order valence-corrected chi connectivity index (χ0v) is 14.0. The molecule has 0 aliphatic heterocycles. The molecule has 0 radical (unpaired) electrons. The normalized spacial score (nSPS) is 13.4. The van der Waals surface area contributed by atoms with Crippen LogP contribution in [0.2, 0.25) is 0 Å². The third-order valence-corrected chi connectivity index (χ3v) is 3.53. The first-order chi connectivity index (χ1) is 9.04. The minimum absolute atomic E-state index is 0.0541. The van der Waals surface area contributed by atoms with E-state index < -0.39 is 0 Å². The van der Waals surface area contributed by atoms with Crippen LogP contribution in [-0.4, -0.2) is 33.8 Å². The molecule has 20 heavy (non-hydrogen) atoms. The van der Waals surface area contributed by atoms with E-state index in [1.165, 1.54) is 0 Å². The van der Waals surface area contributed by atoms with E-state index in [0.717, 1.165) is 11.3 Å². The summed E-state index contributed by atoms with van der Waals surface area (Å²) in [6.45, 7) is 14.3. The van der Waals surface area contributed by atoms with E-state index in [-0.39, 0.29) is 23.7 Å². The van der Waals surface area contributed by atoms with Crippen molar-refractivity contribution >= 4 is 6.03 Å². The fourth-order valence-corrected chi connectivity index (χ4v) is 1.84. The van der Waals surface area contributed by atoms with E-state index in [1.807, 2.05) is 38.6 Å². The Balaban J connectivity index is 2.86. The highest BCUT2D eigenvalue weighted by Crippen LogP contribution is 2.21. The molecule has 114 valence electrons. The van der Waals surface area contributed by atoms with Crippen LogP contribution in [0.3, 0.4) is 0 Å².